The normalized spacial score (nSPS) is 16.3. The monoisotopic (exact) mass is 209 g/mol. The molecule has 2 heteroatoms. The second-order valence-electron chi connectivity index (χ2n) is 5.36. The van der Waals surface area contributed by atoms with Crippen molar-refractivity contribution in [3.05, 3.63) is 24.2 Å². The van der Waals surface area contributed by atoms with Gasteiger partial charge >= 0.3 is 0 Å². The van der Waals surface area contributed by atoms with Crippen molar-refractivity contribution in [2.75, 3.05) is 7.05 Å². The first kappa shape index (κ1) is 12.3. The summed E-state index contributed by atoms with van der Waals surface area (Å²) in [6.45, 7) is 9.15. The minimum Gasteiger partial charge on any atom is -0.468 e. The lowest BCUT2D eigenvalue weighted by atomic mass is 9.78. The zero-order valence-corrected chi connectivity index (χ0v) is 10.5. The van der Waals surface area contributed by atoms with Gasteiger partial charge in [0.05, 0.1) is 12.3 Å². The van der Waals surface area contributed by atoms with Crippen molar-refractivity contribution < 1.29 is 4.42 Å². The lowest BCUT2D eigenvalue weighted by Crippen LogP contribution is -2.25. The maximum atomic E-state index is 5.44. The molecule has 2 unspecified atom stereocenters. The molecule has 1 aromatic heterocycles. The summed E-state index contributed by atoms with van der Waals surface area (Å²) in [5, 5.41) is 3.31. The van der Waals surface area contributed by atoms with Crippen molar-refractivity contribution in [2.45, 2.75) is 40.2 Å². The Morgan fingerprint density at radius 2 is 2.07 bits per heavy atom. The van der Waals surface area contributed by atoms with Gasteiger partial charge < -0.3 is 9.73 Å². The molecule has 0 bridgehead atoms. The molecule has 2 nitrogen and oxygen atoms in total. The Hall–Kier alpha value is -0.760. The van der Waals surface area contributed by atoms with Crippen LogP contribution < -0.4 is 5.32 Å². The molecule has 1 aromatic rings. The van der Waals surface area contributed by atoms with Crippen LogP contribution in [0.5, 0.6) is 0 Å². The molecule has 1 heterocycles. The van der Waals surface area contributed by atoms with Crippen LogP contribution in [0, 0.1) is 11.3 Å². The Balaban J connectivity index is 2.63. The molecule has 0 aliphatic rings. The van der Waals surface area contributed by atoms with Crippen molar-refractivity contribution in [2.24, 2.45) is 11.3 Å². The van der Waals surface area contributed by atoms with Crippen LogP contribution >= 0.6 is 0 Å². The van der Waals surface area contributed by atoms with Crippen molar-refractivity contribution >= 4 is 0 Å². The average molecular weight is 209 g/mol. The molecule has 0 saturated carbocycles. The van der Waals surface area contributed by atoms with E-state index in [4.69, 9.17) is 4.42 Å². The zero-order valence-electron chi connectivity index (χ0n) is 10.5. The third-order valence-corrected chi connectivity index (χ3v) is 3.30. The fourth-order valence-electron chi connectivity index (χ4n) is 1.57. The van der Waals surface area contributed by atoms with Gasteiger partial charge in [0.1, 0.15) is 5.76 Å². The summed E-state index contributed by atoms with van der Waals surface area (Å²) in [6, 6.07) is 4.31. The van der Waals surface area contributed by atoms with E-state index in [0.29, 0.717) is 17.4 Å². The molecule has 0 saturated heterocycles. The van der Waals surface area contributed by atoms with Gasteiger partial charge in [-0.25, -0.2) is 0 Å². The highest BCUT2D eigenvalue weighted by Gasteiger charge is 2.24. The van der Waals surface area contributed by atoms with Crippen LogP contribution in [0.1, 0.15) is 45.9 Å². The van der Waals surface area contributed by atoms with Gasteiger partial charge in [-0.1, -0.05) is 27.7 Å². The maximum absolute atomic E-state index is 5.44. The minimum absolute atomic E-state index is 0.328. The second kappa shape index (κ2) is 4.84. The van der Waals surface area contributed by atoms with Gasteiger partial charge in [0.15, 0.2) is 0 Å². The van der Waals surface area contributed by atoms with Crippen LogP contribution in [0.25, 0.3) is 0 Å². The number of hydrogen-bond donors (Lipinski definition) is 1. The van der Waals surface area contributed by atoms with Gasteiger partial charge in [0, 0.05) is 0 Å². The van der Waals surface area contributed by atoms with Crippen LogP contribution in [0.15, 0.2) is 22.8 Å². The number of furan rings is 1. The van der Waals surface area contributed by atoms with Gasteiger partial charge in [0.25, 0.3) is 0 Å². The maximum Gasteiger partial charge on any atom is 0.120 e. The van der Waals surface area contributed by atoms with E-state index >= 15 is 0 Å². The van der Waals surface area contributed by atoms with Crippen LogP contribution in [0.3, 0.4) is 0 Å². The average Bonchev–Trinajstić information content (AvgIpc) is 2.64. The topological polar surface area (TPSA) is 25.2 Å². The Kier molecular flexibility index (Phi) is 3.97. The van der Waals surface area contributed by atoms with E-state index in [1.165, 1.54) is 0 Å². The Bertz CT molecular complexity index is 271. The van der Waals surface area contributed by atoms with Crippen LogP contribution in [-0.2, 0) is 0 Å². The van der Waals surface area contributed by atoms with Crippen molar-refractivity contribution in [1.82, 2.24) is 5.32 Å². The Morgan fingerprint density at radius 3 is 2.47 bits per heavy atom. The molecule has 0 radical (unpaired) electrons. The third kappa shape index (κ3) is 3.38. The Labute approximate surface area is 93.1 Å². The molecule has 0 aliphatic carbocycles. The summed E-state index contributed by atoms with van der Waals surface area (Å²) in [5.74, 6) is 1.69. The zero-order chi connectivity index (χ0) is 11.5. The predicted octanol–water partition coefficient (Wildman–Crippen LogP) is 3.61. The van der Waals surface area contributed by atoms with Gasteiger partial charge in [-0.2, -0.15) is 0 Å². The third-order valence-electron chi connectivity index (χ3n) is 3.30. The van der Waals surface area contributed by atoms with Crippen molar-refractivity contribution in [1.29, 1.82) is 0 Å². The fourth-order valence-corrected chi connectivity index (χ4v) is 1.57. The summed E-state index contributed by atoms with van der Waals surface area (Å²) >= 11 is 0. The molecular formula is C13H23NO. The van der Waals surface area contributed by atoms with Gasteiger partial charge in [-0.05, 0) is 36.9 Å². The van der Waals surface area contributed by atoms with Gasteiger partial charge in [0.2, 0.25) is 0 Å². The van der Waals surface area contributed by atoms with Crippen LogP contribution in [0.4, 0.5) is 0 Å². The smallest absolute Gasteiger partial charge is 0.120 e. The van der Waals surface area contributed by atoms with Crippen LogP contribution in [0.2, 0.25) is 0 Å². The number of hydrogen-bond acceptors (Lipinski definition) is 2. The fraction of sp³-hybridized carbons (Fsp3) is 0.692. The first-order valence-corrected chi connectivity index (χ1v) is 5.66. The molecule has 2 atom stereocenters. The molecule has 0 aliphatic heterocycles. The summed E-state index contributed by atoms with van der Waals surface area (Å²) in [6.07, 6.45) is 2.84. The minimum atomic E-state index is 0.328. The Morgan fingerprint density at radius 1 is 1.40 bits per heavy atom. The van der Waals surface area contributed by atoms with E-state index in [0.717, 1.165) is 12.2 Å². The van der Waals surface area contributed by atoms with Crippen molar-refractivity contribution in [3.63, 3.8) is 0 Å². The highest BCUT2D eigenvalue weighted by molar-refractivity contribution is 5.04. The predicted molar refractivity (Wildman–Crippen MR) is 63.7 cm³/mol. The molecule has 86 valence electrons. The first-order chi connectivity index (χ1) is 6.95. The largest absolute Gasteiger partial charge is 0.468 e. The van der Waals surface area contributed by atoms with E-state index in [2.05, 4.69) is 33.0 Å². The van der Waals surface area contributed by atoms with E-state index in [9.17, 15) is 0 Å². The molecule has 1 N–H and O–H groups in total. The molecular weight excluding hydrogens is 186 g/mol. The lowest BCUT2D eigenvalue weighted by Gasteiger charge is -2.30. The summed E-state index contributed by atoms with van der Waals surface area (Å²) in [7, 11) is 1.99. The second-order valence-corrected chi connectivity index (χ2v) is 5.36. The lowest BCUT2D eigenvalue weighted by molar-refractivity contribution is 0.217. The first-order valence-electron chi connectivity index (χ1n) is 5.66. The van der Waals surface area contributed by atoms with Gasteiger partial charge in [-0.3, -0.25) is 0 Å². The molecule has 0 fully saturated rings. The quantitative estimate of drug-likeness (QED) is 0.819. The summed E-state index contributed by atoms with van der Waals surface area (Å²) in [5.41, 5.74) is 0.349. The van der Waals surface area contributed by atoms with Gasteiger partial charge in [-0.15, -0.1) is 0 Å². The highest BCUT2D eigenvalue weighted by Crippen LogP contribution is 2.33. The molecule has 15 heavy (non-hydrogen) atoms. The highest BCUT2D eigenvalue weighted by atomic mass is 16.3. The standard InChI is InChI=1S/C13H23NO/c1-10(13(2,3)4)9-11(14-5)12-7-6-8-15-12/h6-8,10-11,14H,9H2,1-5H3. The number of nitrogens with one attached hydrogen (secondary N) is 1. The summed E-state index contributed by atoms with van der Waals surface area (Å²) in [4.78, 5) is 0. The molecule has 0 amide bonds. The van der Waals surface area contributed by atoms with E-state index in [1.54, 1.807) is 6.26 Å². The van der Waals surface area contributed by atoms with E-state index < -0.39 is 0 Å². The number of rotatable bonds is 4. The van der Waals surface area contributed by atoms with Crippen molar-refractivity contribution in [3.8, 4) is 0 Å². The molecule has 0 spiro atoms. The van der Waals surface area contributed by atoms with Crippen LogP contribution in [-0.4, -0.2) is 7.05 Å². The van der Waals surface area contributed by atoms with E-state index in [-0.39, 0.29) is 0 Å². The molecule has 1 rings (SSSR count). The van der Waals surface area contributed by atoms with E-state index in [1.807, 2.05) is 19.2 Å². The SMILES string of the molecule is CNC(CC(C)C(C)(C)C)c1ccco1. The molecule has 0 aromatic carbocycles. The summed E-state index contributed by atoms with van der Waals surface area (Å²) < 4.78 is 5.44.